The maximum atomic E-state index is 4.28. The van der Waals surface area contributed by atoms with E-state index in [1.54, 1.807) is 5.19 Å². The molecule has 0 radical (unpaired) electrons. The minimum absolute atomic E-state index is 0. The molecule has 1 rings (SSSR count). The summed E-state index contributed by atoms with van der Waals surface area (Å²) < 4.78 is 0. The molecule has 30 heavy (non-hydrogen) atoms. The Morgan fingerprint density at radius 2 is 0.700 bits per heavy atom. The second-order valence-corrected chi connectivity index (χ2v) is 12.4. The summed E-state index contributed by atoms with van der Waals surface area (Å²) in [5.41, 5.74) is 0. The number of rotatable bonds is 7. The average Bonchev–Trinajstić information content (AvgIpc) is 2.98. The number of hydrogen-bond acceptors (Lipinski definition) is 0. The third-order valence-corrected chi connectivity index (χ3v) is 4.86. The minimum atomic E-state index is -0.480. The topological polar surface area (TPSA) is 42.3 Å². The van der Waals surface area contributed by atoms with Crippen LogP contribution in [0.2, 0.25) is 13.1 Å². The van der Waals surface area contributed by atoms with E-state index in [4.69, 9.17) is 0 Å². The maximum absolute atomic E-state index is 4.28. The van der Waals surface area contributed by atoms with E-state index >= 15 is 0 Å². The summed E-state index contributed by atoms with van der Waals surface area (Å²) in [4.78, 5) is 0. The molecule has 0 heterocycles. The van der Waals surface area contributed by atoms with E-state index in [2.05, 4.69) is 136 Å². The van der Waals surface area contributed by atoms with E-state index in [1.165, 1.54) is 0 Å². The van der Waals surface area contributed by atoms with Gasteiger partial charge in [0.2, 0.25) is 0 Å². The summed E-state index contributed by atoms with van der Waals surface area (Å²) >= 11 is 0. The van der Waals surface area contributed by atoms with Crippen molar-refractivity contribution >= 4 is 14.0 Å². The monoisotopic (exact) mass is 513 g/mol. The van der Waals surface area contributed by atoms with Gasteiger partial charge in [-0.15, -0.1) is 36.3 Å². The summed E-state index contributed by atoms with van der Waals surface area (Å²) in [7, 11) is -0.480. The van der Waals surface area contributed by atoms with Crippen molar-refractivity contribution in [3.63, 3.8) is 0 Å². The van der Waals surface area contributed by atoms with E-state index < -0.39 is 8.80 Å². The van der Waals surface area contributed by atoms with Crippen molar-refractivity contribution in [2.45, 2.75) is 132 Å². The second kappa shape index (κ2) is 24.0. The predicted molar refractivity (Wildman–Crippen MR) is 141 cm³/mol. The van der Waals surface area contributed by atoms with Crippen LogP contribution in [-0.2, 0) is 26.2 Å². The van der Waals surface area contributed by atoms with Crippen molar-refractivity contribution in [2.24, 2.45) is 0 Å². The molecule has 0 aliphatic rings. The quantitative estimate of drug-likeness (QED) is 0.265. The summed E-state index contributed by atoms with van der Waals surface area (Å²) in [6.07, 6.45) is 0. The fourth-order valence-electron chi connectivity index (χ4n) is 2.56. The molecule has 0 N–H and O–H groups in total. The minimum Gasteiger partial charge on any atom is -0.658 e. The standard InChI is InChI=1S/C7H11Si.3C6H14N.Zr/c1-8(2)7-5-3-4-6-7;3*1-5(2)7-6(3)4;/h3-6,8H,1-2H3;3*5-6H,1-4H3;/q4*-1;+4. The summed E-state index contributed by atoms with van der Waals surface area (Å²) in [5.74, 6) is 0. The van der Waals surface area contributed by atoms with Crippen LogP contribution >= 0.6 is 0 Å². The Hall–Kier alpha value is 0.330. The molecule has 0 amide bonds. The van der Waals surface area contributed by atoms with Gasteiger partial charge in [-0.05, 0) is 0 Å². The normalized spacial score (nSPS) is 10.6. The Morgan fingerprint density at radius 3 is 0.767 bits per heavy atom. The Labute approximate surface area is 212 Å². The Bertz CT molecular complexity index is 363. The zero-order chi connectivity index (χ0) is 23.6. The molecule has 0 atom stereocenters. The molecule has 0 saturated carbocycles. The van der Waals surface area contributed by atoms with Crippen LogP contribution in [0.25, 0.3) is 16.0 Å². The van der Waals surface area contributed by atoms with Gasteiger partial charge in [0.15, 0.2) is 0 Å². The third-order valence-electron chi connectivity index (χ3n) is 3.14. The van der Waals surface area contributed by atoms with Gasteiger partial charge in [-0.2, -0.15) is 17.3 Å². The molecule has 3 nitrogen and oxygen atoms in total. The van der Waals surface area contributed by atoms with Crippen molar-refractivity contribution < 1.29 is 26.2 Å². The molecule has 1 aromatic carbocycles. The molecule has 0 saturated heterocycles. The van der Waals surface area contributed by atoms with Gasteiger partial charge in [0.1, 0.15) is 0 Å². The zero-order valence-electron chi connectivity index (χ0n) is 22.7. The molecular formula is C25H53N3SiZr. The first-order chi connectivity index (χ1) is 13.2. The Kier molecular flexibility index (Phi) is 30.1. The van der Waals surface area contributed by atoms with Crippen LogP contribution < -0.4 is 5.19 Å². The first-order valence-corrected chi connectivity index (χ1v) is 14.4. The van der Waals surface area contributed by atoms with Crippen molar-refractivity contribution in [2.75, 3.05) is 0 Å². The van der Waals surface area contributed by atoms with E-state index in [1.807, 2.05) is 0 Å². The molecule has 0 aromatic heterocycles. The fraction of sp³-hybridized carbons (Fsp3) is 0.800. The van der Waals surface area contributed by atoms with Crippen molar-refractivity contribution in [1.29, 1.82) is 0 Å². The van der Waals surface area contributed by atoms with Crippen LogP contribution in [0.4, 0.5) is 0 Å². The van der Waals surface area contributed by atoms with Gasteiger partial charge in [0, 0.05) is 8.80 Å². The molecule has 0 bridgehead atoms. The molecule has 176 valence electrons. The van der Waals surface area contributed by atoms with Crippen LogP contribution in [0.5, 0.6) is 0 Å². The Balaban J connectivity index is -0.000000149. The largest absolute Gasteiger partial charge is 4.00 e. The second-order valence-electron chi connectivity index (χ2n) is 9.38. The van der Waals surface area contributed by atoms with Gasteiger partial charge in [0.25, 0.3) is 0 Å². The molecular weight excluding hydrogens is 462 g/mol. The van der Waals surface area contributed by atoms with Gasteiger partial charge in [-0.3, -0.25) is 0 Å². The summed E-state index contributed by atoms with van der Waals surface area (Å²) in [6, 6.07) is 11.7. The predicted octanol–water partition coefficient (Wildman–Crippen LogP) is 7.63. The maximum Gasteiger partial charge on any atom is 4.00 e. The van der Waals surface area contributed by atoms with Gasteiger partial charge < -0.3 is 16.0 Å². The molecule has 0 aliphatic heterocycles. The molecule has 0 aliphatic carbocycles. The van der Waals surface area contributed by atoms with Crippen molar-refractivity contribution in [1.82, 2.24) is 0 Å². The van der Waals surface area contributed by atoms with Gasteiger partial charge in [0.05, 0.1) is 0 Å². The summed E-state index contributed by atoms with van der Waals surface area (Å²) in [5, 5.41) is 14.4. The first kappa shape index (κ1) is 37.6. The number of hydrogen-bond donors (Lipinski definition) is 0. The Morgan fingerprint density at radius 1 is 0.500 bits per heavy atom. The van der Waals surface area contributed by atoms with E-state index in [0.717, 1.165) is 0 Å². The van der Waals surface area contributed by atoms with Gasteiger partial charge in [-0.1, -0.05) is 96.2 Å². The molecule has 1 aromatic rings. The van der Waals surface area contributed by atoms with Crippen molar-refractivity contribution in [3.8, 4) is 0 Å². The van der Waals surface area contributed by atoms with Crippen molar-refractivity contribution in [3.05, 3.63) is 40.2 Å². The van der Waals surface area contributed by atoms with Crippen LogP contribution in [0.15, 0.2) is 24.3 Å². The van der Waals surface area contributed by atoms with E-state index in [0.29, 0.717) is 36.3 Å². The van der Waals surface area contributed by atoms with Crippen LogP contribution in [0.1, 0.15) is 83.1 Å². The van der Waals surface area contributed by atoms with Crippen LogP contribution in [-0.4, -0.2) is 45.0 Å². The SMILES string of the molecule is CC(C)[N-]C(C)C.CC(C)[N-]C(C)C.CC(C)[N-]C(C)C.C[SiH](C)[c-]1cccc1.[Zr+4]. The van der Waals surface area contributed by atoms with E-state index in [-0.39, 0.29) is 26.2 Å². The zero-order valence-corrected chi connectivity index (χ0v) is 26.3. The molecule has 0 spiro atoms. The van der Waals surface area contributed by atoms with Crippen LogP contribution in [0, 0.1) is 0 Å². The average molecular weight is 515 g/mol. The van der Waals surface area contributed by atoms with E-state index in [9.17, 15) is 0 Å². The summed E-state index contributed by atoms with van der Waals surface area (Å²) in [6.45, 7) is 29.9. The molecule has 0 unspecified atom stereocenters. The van der Waals surface area contributed by atoms with Gasteiger partial charge >= 0.3 is 26.2 Å². The first-order valence-electron chi connectivity index (χ1n) is 11.5. The van der Waals surface area contributed by atoms with Crippen LogP contribution in [0.3, 0.4) is 0 Å². The molecule has 5 heteroatoms. The number of nitrogens with zero attached hydrogens (tertiary/aromatic N) is 3. The van der Waals surface area contributed by atoms with Gasteiger partial charge in [-0.25, -0.2) is 12.1 Å². The third kappa shape index (κ3) is 38.9. The molecule has 0 fully saturated rings. The smallest absolute Gasteiger partial charge is 0.658 e. The fourth-order valence-corrected chi connectivity index (χ4v) is 3.55.